The number of aromatic nitrogens is 2. The largest absolute Gasteiger partial charge is 0.356 e. The first kappa shape index (κ1) is 29.1. The molecule has 10 aromatic rings. The molecule has 2 heterocycles. The molecule has 0 fully saturated rings. The van der Waals surface area contributed by atoms with Crippen molar-refractivity contribution in [3.05, 3.63) is 182 Å². The molecule has 0 unspecified atom stereocenters. The first-order valence-corrected chi connectivity index (χ1v) is 17.3. The number of pyridine rings is 2. The molecule has 0 aliphatic heterocycles. The Bertz CT molecular complexity index is 2920. The third kappa shape index (κ3) is 5.24. The fourth-order valence-corrected chi connectivity index (χ4v) is 7.39. The van der Waals surface area contributed by atoms with Crippen molar-refractivity contribution in [1.82, 2.24) is 9.97 Å². The van der Waals surface area contributed by atoms with Crippen molar-refractivity contribution in [2.45, 2.75) is 0 Å². The molecule has 0 atom stereocenters. The molecular formula is C48H31N3. The maximum atomic E-state index is 5.29. The molecule has 0 saturated carbocycles. The van der Waals surface area contributed by atoms with E-state index in [0.717, 1.165) is 55.3 Å². The Labute approximate surface area is 295 Å². The molecule has 0 spiro atoms. The first-order chi connectivity index (χ1) is 25.2. The quantitative estimate of drug-likeness (QED) is 0.149. The number of hydrogen-bond acceptors (Lipinski definition) is 3. The number of nitrogens with zero attached hydrogens (tertiary/aromatic N) is 2. The van der Waals surface area contributed by atoms with Crippen LogP contribution in [-0.2, 0) is 0 Å². The molecule has 8 aromatic carbocycles. The highest BCUT2D eigenvalue weighted by molar-refractivity contribution is 6.16. The minimum absolute atomic E-state index is 0.918. The van der Waals surface area contributed by atoms with Gasteiger partial charge < -0.3 is 5.32 Å². The zero-order valence-corrected chi connectivity index (χ0v) is 27.7. The lowest BCUT2D eigenvalue weighted by atomic mass is 9.95. The Morgan fingerprint density at radius 3 is 1.75 bits per heavy atom. The molecule has 2 aromatic heterocycles. The van der Waals surface area contributed by atoms with Crippen molar-refractivity contribution in [1.29, 1.82) is 0 Å². The van der Waals surface area contributed by atoms with E-state index in [0.29, 0.717) is 0 Å². The smallest absolute Gasteiger partial charge is 0.0978 e. The normalized spacial score (nSPS) is 11.5. The Kier molecular flexibility index (Phi) is 6.81. The third-order valence-electron chi connectivity index (χ3n) is 9.94. The van der Waals surface area contributed by atoms with Gasteiger partial charge in [0.25, 0.3) is 0 Å². The van der Waals surface area contributed by atoms with Crippen LogP contribution in [0.5, 0.6) is 0 Å². The minimum atomic E-state index is 0.918. The van der Waals surface area contributed by atoms with Gasteiger partial charge in [-0.1, -0.05) is 127 Å². The van der Waals surface area contributed by atoms with E-state index in [1.807, 2.05) is 6.07 Å². The maximum Gasteiger partial charge on any atom is 0.0978 e. The topological polar surface area (TPSA) is 37.8 Å². The fourth-order valence-electron chi connectivity index (χ4n) is 7.39. The van der Waals surface area contributed by atoms with E-state index >= 15 is 0 Å². The van der Waals surface area contributed by atoms with Crippen LogP contribution in [0.3, 0.4) is 0 Å². The lowest BCUT2D eigenvalue weighted by Crippen LogP contribution is -1.93. The van der Waals surface area contributed by atoms with Gasteiger partial charge in [-0.15, -0.1) is 0 Å². The van der Waals surface area contributed by atoms with Gasteiger partial charge in [0.1, 0.15) is 0 Å². The van der Waals surface area contributed by atoms with Crippen LogP contribution in [0.2, 0.25) is 0 Å². The summed E-state index contributed by atoms with van der Waals surface area (Å²) in [6, 6.07) is 64.5. The van der Waals surface area contributed by atoms with Crippen LogP contribution in [0.1, 0.15) is 0 Å². The molecule has 10 rings (SSSR count). The molecule has 51 heavy (non-hydrogen) atoms. The molecule has 3 heteroatoms. The summed E-state index contributed by atoms with van der Waals surface area (Å²) in [5.74, 6) is 0. The van der Waals surface area contributed by atoms with Gasteiger partial charge in [-0.05, 0) is 92.8 Å². The molecule has 1 N–H and O–H groups in total. The van der Waals surface area contributed by atoms with E-state index in [1.165, 1.54) is 43.8 Å². The average molecular weight is 650 g/mol. The van der Waals surface area contributed by atoms with Crippen LogP contribution in [0.4, 0.5) is 11.4 Å². The molecule has 0 aliphatic carbocycles. The summed E-state index contributed by atoms with van der Waals surface area (Å²) in [7, 11) is 0. The average Bonchev–Trinajstić information content (AvgIpc) is 3.19. The van der Waals surface area contributed by atoms with E-state index < -0.39 is 0 Å². The number of hydrogen-bond donors (Lipinski definition) is 1. The number of fused-ring (bicyclic) bond motifs is 6. The number of benzene rings is 8. The minimum Gasteiger partial charge on any atom is -0.356 e. The molecule has 0 amide bonds. The van der Waals surface area contributed by atoms with E-state index in [-0.39, 0.29) is 0 Å². The molecule has 0 bridgehead atoms. The number of anilines is 2. The molecule has 238 valence electrons. The maximum absolute atomic E-state index is 5.29. The number of rotatable bonds is 5. The zero-order valence-electron chi connectivity index (χ0n) is 27.7. The molecule has 3 nitrogen and oxygen atoms in total. The van der Waals surface area contributed by atoms with Gasteiger partial charge in [0.15, 0.2) is 0 Å². The van der Waals surface area contributed by atoms with E-state index in [9.17, 15) is 0 Å². The summed E-state index contributed by atoms with van der Waals surface area (Å²) in [4.78, 5) is 10.5. The van der Waals surface area contributed by atoms with Crippen molar-refractivity contribution in [3.63, 3.8) is 0 Å². The Hall–Kier alpha value is -6.84. The lowest BCUT2D eigenvalue weighted by molar-refractivity contribution is 1.40. The number of para-hydroxylation sites is 1. The summed E-state index contributed by atoms with van der Waals surface area (Å²) >= 11 is 0. The molecule has 0 saturated heterocycles. The second-order valence-corrected chi connectivity index (χ2v) is 13.1. The number of nitrogens with one attached hydrogen (secondary N) is 1. The first-order valence-electron chi connectivity index (χ1n) is 17.3. The highest BCUT2D eigenvalue weighted by Gasteiger charge is 2.15. The standard InChI is InChI=1S/C48H31N3/c1-3-9-31(10-4-1)32-17-22-40(23-18-32)49-41-24-19-36-27-38-29-37(16-15-35(38)28-39(36)30-41)44-26-21-34-20-25-43-46(33-11-5-2-6-12-33)42-13-7-8-14-45(42)51-48(43)47(34)50-44/h1-30,49H. The van der Waals surface area contributed by atoms with Crippen LogP contribution < -0.4 is 5.32 Å². The highest BCUT2D eigenvalue weighted by atomic mass is 14.9. The van der Waals surface area contributed by atoms with Gasteiger partial charge in [-0.3, -0.25) is 0 Å². The monoisotopic (exact) mass is 649 g/mol. The Balaban J connectivity index is 1.01. The van der Waals surface area contributed by atoms with Gasteiger partial charge in [0.05, 0.1) is 22.2 Å². The lowest BCUT2D eigenvalue weighted by Gasteiger charge is -2.13. The van der Waals surface area contributed by atoms with Crippen molar-refractivity contribution in [2.24, 2.45) is 0 Å². The van der Waals surface area contributed by atoms with Gasteiger partial charge >= 0.3 is 0 Å². The van der Waals surface area contributed by atoms with Crippen molar-refractivity contribution in [3.8, 4) is 33.5 Å². The molecular weight excluding hydrogens is 619 g/mol. The van der Waals surface area contributed by atoms with E-state index in [2.05, 4.69) is 181 Å². The SMILES string of the molecule is c1ccc(-c2ccc(Nc3ccc4cc5cc(-c6ccc7ccc8c(-c9ccccc9)c9ccccc9nc8c7n6)ccc5cc4c3)cc2)cc1. The van der Waals surface area contributed by atoms with Crippen LogP contribution >= 0.6 is 0 Å². The summed E-state index contributed by atoms with van der Waals surface area (Å²) in [6.07, 6.45) is 0. The second kappa shape index (κ2) is 11.9. The summed E-state index contributed by atoms with van der Waals surface area (Å²) in [5, 5.41) is 11.7. The Morgan fingerprint density at radius 1 is 0.333 bits per heavy atom. The zero-order chi connectivity index (χ0) is 33.7. The van der Waals surface area contributed by atoms with Gasteiger partial charge in [0.2, 0.25) is 0 Å². The van der Waals surface area contributed by atoms with E-state index in [1.54, 1.807) is 0 Å². The van der Waals surface area contributed by atoms with Crippen LogP contribution in [0, 0.1) is 0 Å². The van der Waals surface area contributed by atoms with Crippen LogP contribution in [-0.4, -0.2) is 9.97 Å². The molecule has 0 radical (unpaired) electrons. The predicted octanol–water partition coefficient (Wildman–Crippen LogP) is 13.0. The van der Waals surface area contributed by atoms with Crippen LogP contribution in [0.15, 0.2) is 182 Å². The third-order valence-corrected chi connectivity index (χ3v) is 9.94. The Morgan fingerprint density at radius 2 is 0.941 bits per heavy atom. The van der Waals surface area contributed by atoms with Crippen molar-refractivity contribution in [2.75, 3.05) is 5.32 Å². The van der Waals surface area contributed by atoms with Crippen LogP contribution in [0.25, 0.3) is 87.8 Å². The summed E-state index contributed by atoms with van der Waals surface area (Å²) in [5.41, 5.74) is 11.8. The van der Waals surface area contributed by atoms with E-state index in [4.69, 9.17) is 9.97 Å². The summed E-state index contributed by atoms with van der Waals surface area (Å²) in [6.45, 7) is 0. The highest BCUT2D eigenvalue weighted by Crippen LogP contribution is 2.38. The summed E-state index contributed by atoms with van der Waals surface area (Å²) < 4.78 is 0. The van der Waals surface area contributed by atoms with Crippen molar-refractivity contribution < 1.29 is 0 Å². The molecule has 0 aliphatic rings. The van der Waals surface area contributed by atoms with Crippen molar-refractivity contribution >= 4 is 65.6 Å². The van der Waals surface area contributed by atoms with Gasteiger partial charge in [-0.2, -0.15) is 0 Å². The second-order valence-electron chi connectivity index (χ2n) is 13.1. The predicted molar refractivity (Wildman–Crippen MR) is 216 cm³/mol. The van der Waals surface area contributed by atoms with Gasteiger partial charge in [-0.25, -0.2) is 9.97 Å². The fraction of sp³-hybridized carbons (Fsp3) is 0. The van der Waals surface area contributed by atoms with Gasteiger partial charge in [0, 0.05) is 38.7 Å².